The largest absolute Gasteiger partial charge is 0.348 e. The predicted molar refractivity (Wildman–Crippen MR) is 117 cm³/mol. The van der Waals surface area contributed by atoms with E-state index in [4.69, 9.17) is 28.9 Å². The first-order valence-electron chi connectivity index (χ1n) is 9.78. The van der Waals surface area contributed by atoms with Gasteiger partial charge < -0.3 is 16.5 Å². The molecule has 1 amide bonds. The van der Waals surface area contributed by atoms with Crippen molar-refractivity contribution in [2.75, 3.05) is 31.6 Å². The lowest BCUT2D eigenvalue weighted by Gasteiger charge is -2.20. The van der Waals surface area contributed by atoms with E-state index in [9.17, 15) is 28.0 Å². The molecule has 0 saturated carbocycles. The number of carbonyl (C=O) groups is 4. The Balaban J connectivity index is 2.68. The average Bonchev–Trinajstić information content (AvgIpc) is 2.77. The lowest BCUT2D eigenvalue weighted by atomic mass is 10.0. The topological polar surface area (TPSA) is 167 Å². The number of nitrogens with one attached hydrogen (secondary N) is 5. The monoisotopic (exact) mass is 511 g/mol. The van der Waals surface area contributed by atoms with Crippen LogP contribution in [0.5, 0.6) is 0 Å². The minimum Gasteiger partial charge on any atom is -0.348 e. The average molecular weight is 512 g/mol. The molecule has 1 heterocycles. The molecule has 15 heteroatoms. The number of hydrogen-bond donors (Lipinski definition) is 6. The first-order chi connectivity index (χ1) is 15.6. The summed E-state index contributed by atoms with van der Waals surface area (Å²) in [5.41, 5.74) is 14.8. The van der Waals surface area contributed by atoms with Gasteiger partial charge in [0.05, 0.1) is 31.4 Å². The molecule has 7 N–H and O–H groups in total. The van der Waals surface area contributed by atoms with Crippen molar-refractivity contribution in [1.82, 2.24) is 26.6 Å². The van der Waals surface area contributed by atoms with Crippen molar-refractivity contribution in [2.24, 2.45) is 5.73 Å². The van der Waals surface area contributed by atoms with Gasteiger partial charge >= 0.3 is 0 Å². The summed E-state index contributed by atoms with van der Waals surface area (Å²) in [5, 5.41) is 1.12. The fourth-order valence-electron chi connectivity index (χ4n) is 2.37. The standard InChI is InChI=1S/C18H25Cl2F2N7O4/c1-9(30)6-24-12(32)8-26-25-7-11(31)16(33)10(4-2-3-5-23)28-29-15-13(19)17(21)27-18(22)14(15)20/h10,25-26,28H,2-8,23H2,1H3,(H,24,32)(H,27,29)/t10-/m0/s1. The van der Waals surface area contributed by atoms with Crippen LogP contribution in [0.2, 0.25) is 10.0 Å². The summed E-state index contributed by atoms with van der Waals surface area (Å²) >= 11 is 11.5. The summed E-state index contributed by atoms with van der Waals surface area (Å²) in [7, 11) is 0. The number of nitrogens with two attached hydrogens (primary N) is 1. The van der Waals surface area contributed by atoms with E-state index in [0.717, 1.165) is 0 Å². The minimum absolute atomic E-state index is 0.125. The molecule has 1 aromatic rings. The number of hydrazine groups is 2. The van der Waals surface area contributed by atoms with E-state index in [2.05, 4.69) is 32.0 Å². The van der Waals surface area contributed by atoms with Gasteiger partial charge in [-0.25, -0.2) is 16.3 Å². The van der Waals surface area contributed by atoms with Crippen LogP contribution >= 0.6 is 23.2 Å². The van der Waals surface area contributed by atoms with Crippen molar-refractivity contribution in [2.45, 2.75) is 32.2 Å². The van der Waals surface area contributed by atoms with E-state index in [1.165, 1.54) is 6.92 Å². The third kappa shape index (κ3) is 10.0. The maximum Gasteiger partial charge on any atom is 0.236 e. The maximum atomic E-state index is 13.6. The quantitative estimate of drug-likeness (QED) is 0.0769. The molecule has 0 spiro atoms. The van der Waals surface area contributed by atoms with Gasteiger partial charge in [-0.1, -0.05) is 29.6 Å². The number of anilines is 1. The molecule has 184 valence electrons. The van der Waals surface area contributed by atoms with E-state index < -0.39 is 52.0 Å². The van der Waals surface area contributed by atoms with Gasteiger partial charge in [-0.15, -0.1) is 0 Å². The van der Waals surface area contributed by atoms with Crippen LogP contribution in [0.25, 0.3) is 0 Å². The summed E-state index contributed by atoms with van der Waals surface area (Å²) in [6.45, 7) is 0.851. The zero-order valence-electron chi connectivity index (χ0n) is 17.7. The molecule has 0 saturated heterocycles. The summed E-state index contributed by atoms with van der Waals surface area (Å²) in [6.07, 6.45) is 1.20. The van der Waals surface area contributed by atoms with Gasteiger partial charge in [0.25, 0.3) is 0 Å². The van der Waals surface area contributed by atoms with Gasteiger partial charge in [0, 0.05) is 0 Å². The molecule has 0 fully saturated rings. The molecule has 11 nitrogen and oxygen atoms in total. The Morgan fingerprint density at radius 3 is 2.18 bits per heavy atom. The first-order valence-corrected chi connectivity index (χ1v) is 10.5. The number of Topliss-reactive ketones (excluding diaryl/α,β-unsaturated/α-hetero) is 3. The number of carbonyl (C=O) groups excluding carboxylic acids is 4. The van der Waals surface area contributed by atoms with Gasteiger partial charge in [-0.3, -0.25) is 19.2 Å². The van der Waals surface area contributed by atoms with Crippen LogP contribution < -0.4 is 32.8 Å². The molecule has 0 aliphatic rings. The van der Waals surface area contributed by atoms with Gasteiger partial charge in [-0.05, 0) is 26.3 Å². The number of hydrogen-bond acceptors (Lipinski definition) is 10. The number of amides is 1. The predicted octanol–water partition coefficient (Wildman–Crippen LogP) is 0.0183. The summed E-state index contributed by atoms with van der Waals surface area (Å²) in [6, 6.07) is -1.10. The summed E-state index contributed by atoms with van der Waals surface area (Å²) in [4.78, 5) is 50.0. The van der Waals surface area contributed by atoms with Gasteiger partial charge in [0.1, 0.15) is 15.8 Å². The Hall–Kier alpha value is -2.29. The third-order valence-electron chi connectivity index (χ3n) is 4.06. The molecule has 0 bridgehead atoms. The van der Waals surface area contributed by atoms with Crippen LogP contribution in [0.1, 0.15) is 26.2 Å². The summed E-state index contributed by atoms with van der Waals surface area (Å²) in [5.74, 6) is -5.04. The van der Waals surface area contributed by atoms with Crippen LogP contribution in [0.3, 0.4) is 0 Å². The van der Waals surface area contributed by atoms with Crippen molar-refractivity contribution in [3.63, 3.8) is 0 Å². The number of unbranched alkanes of at least 4 members (excludes halogenated alkanes) is 1. The van der Waals surface area contributed by atoms with E-state index in [1.54, 1.807) is 0 Å². The lowest BCUT2D eigenvalue weighted by Crippen LogP contribution is -2.49. The van der Waals surface area contributed by atoms with Crippen LogP contribution in [-0.2, 0) is 19.2 Å². The molecular weight excluding hydrogens is 487 g/mol. The van der Waals surface area contributed by atoms with Crippen LogP contribution in [0, 0.1) is 11.9 Å². The Kier molecular flexibility index (Phi) is 12.9. The molecule has 0 aliphatic carbocycles. The zero-order valence-corrected chi connectivity index (χ0v) is 19.2. The van der Waals surface area contributed by atoms with Crippen LogP contribution in [0.4, 0.5) is 14.5 Å². The number of pyridine rings is 1. The molecule has 0 aromatic carbocycles. The number of ketones is 3. The number of rotatable bonds is 16. The fourth-order valence-corrected chi connectivity index (χ4v) is 2.79. The lowest BCUT2D eigenvalue weighted by molar-refractivity contribution is -0.137. The SMILES string of the molecule is CC(=O)CNC(=O)CNNCC(=O)C(=O)[C@H](CCCCN)NNc1c(Cl)c(F)nc(F)c1Cl. The molecule has 0 unspecified atom stereocenters. The second kappa shape index (κ2) is 14.8. The fraction of sp³-hybridized carbons (Fsp3) is 0.500. The second-order valence-corrected chi connectivity index (χ2v) is 7.53. The maximum absolute atomic E-state index is 13.6. The van der Waals surface area contributed by atoms with Gasteiger partial charge in [0.2, 0.25) is 29.4 Å². The van der Waals surface area contributed by atoms with E-state index in [1.807, 2.05) is 0 Å². The third-order valence-corrected chi connectivity index (χ3v) is 4.75. The normalized spacial score (nSPS) is 11.7. The van der Waals surface area contributed by atoms with Crippen molar-refractivity contribution in [3.8, 4) is 0 Å². The van der Waals surface area contributed by atoms with Crippen LogP contribution in [0.15, 0.2) is 0 Å². The highest BCUT2D eigenvalue weighted by molar-refractivity contribution is 6.40. The van der Waals surface area contributed by atoms with Crippen molar-refractivity contribution >= 4 is 52.1 Å². The van der Waals surface area contributed by atoms with Crippen molar-refractivity contribution in [3.05, 3.63) is 21.9 Å². The molecular formula is C18H25Cl2F2N7O4. The molecule has 1 atom stereocenters. The number of aromatic nitrogens is 1. The molecule has 0 radical (unpaired) electrons. The summed E-state index contributed by atoms with van der Waals surface area (Å²) < 4.78 is 27.2. The van der Waals surface area contributed by atoms with E-state index >= 15 is 0 Å². The van der Waals surface area contributed by atoms with Crippen molar-refractivity contribution < 1.29 is 28.0 Å². The minimum atomic E-state index is -1.31. The highest BCUT2D eigenvalue weighted by Gasteiger charge is 2.26. The zero-order chi connectivity index (χ0) is 25.0. The van der Waals surface area contributed by atoms with Gasteiger partial charge in [-0.2, -0.15) is 13.8 Å². The van der Waals surface area contributed by atoms with Gasteiger partial charge in [0.15, 0.2) is 0 Å². The smallest absolute Gasteiger partial charge is 0.236 e. The second-order valence-electron chi connectivity index (χ2n) is 6.78. The first kappa shape index (κ1) is 28.7. The molecule has 33 heavy (non-hydrogen) atoms. The van der Waals surface area contributed by atoms with E-state index in [-0.39, 0.29) is 31.0 Å². The number of nitrogens with zero attached hydrogens (tertiary/aromatic N) is 1. The van der Waals surface area contributed by atoms with Crippen molar-refractivity contribution in [1.29, 1.82) is 0 Å². The Bertz CT molecular complexity index is 850. The van der Waals surface area contributed by atoms with E-state index in [0.29, 0.717) is 19.4 Å². The highest BCUT2D eigenvalue weighted by Crippen LogP contribution is 2.32. The number of halogens is 4. The Labute approximate surface area is 198 Å². The molecule has 1 rings (SSSR count). The molecule has 0 aliphatic heterocycles. The molecule has 1 aromatic heterocycles. The Morgan fingerprint density at radius 1 is 1.00 bits per heavy atom. The van der Waals surface area contributed by atoms with Crippen LogP contribution in [-0.4, -0.2) is 60.5 Å². The highest BCUT2D eigenvalue weighted by atomic mass is 35.5. The Morgan fingerprint density at radius 2 is 1.61 bits per heavy atom.